The fraction of sp³-hybridized carbons (Fsp3) is 0.381. The number of hydrogen-bond donors (Lipinski definition) is 1. The smallest absolute Gasteiger partial charge is 0.411 e. The van der Waals surface area contributed by atoms with Gasteiger partial charge in [-0.2, -0.15) is 0 Å². The highest BCUT2D eigenvalue weighted by Gasteiger charge is 2.51. The van der Waals surface area contributed by atoms with Crippen LogP contribution >= 0.6 is 0 Å². The molecular weight excluding hydrogens is 342 g/mol. The number of piperazine rings is 1. The van der Waals surface area contributed by atoms with E-state index in [1.807, 2.05) is 45.0 Å². The van der Waals surface area contributed by atoms with Gasteiger partial charge < -0.3 is 10.1 Å². The molecule has 2 heterocycles. The van der Waals surface area contributed by atoms with Gasteiger partial charge in [-0.25, -0.2) is 4.79 Å². The molecule has 1 aliphatic rings. The molecule has 0 bridgehead atoms. The van der Waals surface area contributed by atoms with Crippen LogP contribution in [0.1, 0.15) is 36.7 Å². The highest BCUT2D eigenvalue weighted by atomic mass is 16.6. The fourth-order valence-electron chi connectivity index (χ4n) is 3.34. The van der Waals surface area contributed by atoms with Crippen molar-refractivity contribution in [2.24, 2.45) is 0 Å². The Bertz CT molecular complexity index is 802. The van der Waals surface area contributed by atoms with Gasteiger partial charge in [0.2, 0.25) is 0 Å². The number of aromatic nitrogens is 1. The molecule has 142 valence electrons. The summed E-state index contributed by atoms with van der Waals surface area (Å²) in [6.07, 6.45) is 2.79. The first-order valence-corrected chi connectivity index (χ1v) is 9.06. The summed E-state index contributed by atoms with van der Waals surface area (Å²) in [4.78, 5) is 32.5. The Morgan fingerprint density at radius 3 is 2.52 bits per heavy atom. The minimum atomic E-state index is -1.21. The van der Waals surface area contributed by atoms with E-state index >= 15 is 0 Å². The number of hydrogen-bond acceptors (Lipinski definition) is 5. The van der Waals surface area contributed by atoms with Crippen molar-refractivity contribution in [1.82, 2.24) is 15.2 Å². The van der Waals surface area contributed by atoms with Crippen molar-refractivity contribution in [1.29, 1.82) is 0 Å². The van der Waals surface area contributed by atoms with Crippen LogP contribution in [0.2, 0.25) is 0 Å². The number of ketones is 1. The molecule has 1 atom stereocenters. The Hall–Kier alpha value is -2.73. The van der Waals surface area contributed by atoms with Gasteiger partial charge in [-0.15, -0.1) is 0 Å². The van der Waals surface area contributed by atoms with Crippen LogP contribution in [-0.2, 0) is 10.3 Å². The second-order valence-corrected chi connectivity index (χ2v) is 7.61. The Labute approximate surface area is 159 Å². The summed E-state index contributed by atoms with van der Waals surface area (Å²) in [6.45, 7) is 6.70. The fourth-order valence-corrected chi connectivity index (χ4v) is 3.34. The number of pyridine rings is 1. The van der Waals surface area contributed by atoms with E-state index in [2.05, 4.69) is 10.3 Å². The number of ether oxygens (including phenoxy) is 1. The van der Waals surface area contributed by atoms with E-state index in [0.29, 0.717) is 30.8 Å². The normalized spacial score (nSPS) is 20.2. The van der Waals surface area contributed by atoms with Gasteiger partial charge in [-0.3, -0.25) is 14.7 Å². The molecular formula is C21H25N3O3. The molecule has 0 radical (unpaired) electrons. The monoisotopic (exact) mass is 367 g/mol. The van der Waals surface area contributed by atoms with E-state index in [1.54, 1.807) is 35.5 Å². The quantitative estimate of drug-likeness (QED) is 0.845. The summed E-state index contributed by atoms with van der Waals surface area (Å²) in [5.74, 6) is -0.158. The van der Waals surface area contributed by atoms with Gasteiger partial charge in [0.1, 0.15) is 11.1 Å². The van der Waals surface area contributed by atoms with Crippen molar-refractivity contribution in [3.63, 3.8) is 0 Å². The third kappa shape index (κ3) is 3.85. The highest BCUT2D eigenvalue weighted by molar-refractivity contribution is 6.05. The summed E-state index contributed by atoms with van der Waals surface area (Å²) in [7, 11) is 0. The van der Waals surface area contributed by atoms with E-state index in [0.717, 1.165) is 0 Å². The van der Waals surface area contributed by atoms with Crippen LogP contribution in [0.15, 0.2) is 54.9 Å². The van der Waals surface area contributed by atoms with Gasteiger partial charge in [0, 0.05) is 43.2 Å². The topological polar surface area (TPSA) is 71.5 Å². The van der Waals surface area contributed by atoms with Crippen LogP contribution in [0.5, 0.6) is 0 Å². The average molecular weight is 367 g/mol. The molecule has 1 fully saturated rings. The van der Waals surface area contributed by atoms with Gasteiger partial charge in [0.25, 0.3) is 0 Å². The number of rotatable bonds is 3. The van der Waals surface area contributed by atoms with Crippen molar-refractivity contribution in [3.8, 4) is 0 Å². The van der Waals surface area contributed by atoms with Gasteiger partial charge >= 0.3 is 6.09 Å². The minimum Gasteiger partial charge on any atom is -0.444 e. The van der Waals surface area contributed by atoms with Gasteiger partial charge in [-0.05, 0) is 26.8 Å². The Morgan fingerprint density at radius 2 is 1.89 bits per heavy atom. The molecule has 1 aromatic carbocycles. The van der Waals surface area contributed by atoms with E-state index in [-0.39, 0.29) is 5.78 Å². The van der Waals surface area contributed by atoms with Crippen LogP contribution in [0.25, 0.3) is 0 Å². The Balaban J connectivity index is 2.12. The standard InChI is InChI=1S/C21H25N3O3/c1-20(2,3)27-19(26)24-13-12-23-15-21(24,17-10-7-11-22-14-17)18(25)16-8-5-4-6-9-16/h4-11,14,23H,12-13,15H2,1-3H3. The van der Waals surface area contributed by atoms with Crippen LogP contribution in [0, 0.1) is 0 Å². The van der Waals surface area contributed by atoms with Gasteiger partial charge in [-0.1, -0.05) is 36.4 Å². The first-order chi connectivity index (χ1) is 12.8. The van der Waals surface area contributed by atoms with E-state index in [9.17, 15) is 9.59 Å². The molecule has 0 aliphatic carbocycles. The molecule has 6 heteroatoms. The first kappa shape index (κ1) is 19.0. The number of carbonyl (C=O) groups is 2. The molecule has 1 aromatic heterocycles. The molecule has 3 rings (SSSR count). The molecule has 1 N–H and O–H groups in total. The lowest BCUT2D eigenvalue weighted by atomic mass is 9.80. The lowest BCUT2D eigenvalue weighted by molar-refractivity contribution is -0.00877. The maximum Gasteiger partial charge on any atom is 0.411 e. The van der Waals surface area contributed by atoms with E-state index in [1.165, 1.54) is 0 Å². The zero-order valence-electron chi connectivity index (χ0n) is 15.9. The molecule has 27 heavy (non-hydrogen) atoms. The maximum absolute atomic E-state index is 13.7. The summed E-state index contributed by atoms with van der Waals surface area (Å²) in [5.41, 5.74) is -0.662. The second kappa shape index (κ2) is 7.48. The van der Waals surface area contributed by atoms with Crippen molar-refractivity contribution < 1.29 is 14.3 Å². The second-order valence-electron chi connectivity index (χ2n) is 7.61. The maximum atomic E-state index is 13.7. The number of carbonyl (C=O) groups excluding carboxylic acids is 2. The van der Waals surface area contributed by atoms with Crippen molar-refractivity contribution >= 4 is 11.9 Å². The minimum absolute atomic E-state index is 0.158. The third-order valence-corrected chi connectivity index (χ3v) is 4.52. The third-order valence-electron chi connectivity index (χ3n) is 4.52. The molecule has 0 saturated carbocycles. The zero-order chi connectivity index (χ0) is 19.5. The predicted molar refractivity (Wildman–Crippen MR) is 102 cm³/mol. The largest absolute Gasteiger partial charge is 0.444 e. The first-order valence-electron chi connectivity index (χ1n) is 9.06. The molecule has 0 spiro atoms. The van der Waals surface area contributed by atoms with Crippen LogP contribution in [0.4, 0.5) is 4.79 Å². The van der Waals surface area contributed by atoms with Crippen molar-refractivity contribution in [2.75, 3.05) is 19.6 Å². The summed E-state index contributed by atoms with van der Waals surface area (Å²) < 4.78 is 5.63. The summed E-state index contributed by atoms with van der Waals surface area (Å²) in [5, 5.41) is 3.27. The van der Waals surface area contributed by atoms with E-state index in [4.69, 9.17) is 4.74 Å². The molecule has 2 aromatic rings. The predicted octanol–water partition coefficient (Wildman–Crippen LogP) is 3.00. The van der Waals surface area contributed by atoms with Crippen molar-refractivity contribution in [3.05, 3.63) is 66.0 Å². The van der Waals surface area contributed by atoms with Crippen LogP contribution < -0.4 is 5.32 Å². The molecule has 1 amide bonds. The summed E-state index contributed by atoms with van der Waals surface area (Å²) in [6, 6.07) is 12.6. The zero-order valence-corrected chi connectivity index (χ0v) is 15.9. The molecule has 6 nitrogen and oxygen atoms in total. The highest BCUT2D eigenvalue weighted by Crippen LogP contribution is 2.34. The number of nitrogens with zero attached hydrogens (tertiary/aromatic N) is 2. The lowest BCUT2D eigenvalue weighted by Crippen LogP contribution is -2.65. The molecule has 1 aliphatic heterocycles. The van der Waals surface area contributed by atoms with Crippen molar-refractivity contribution in [2.45, 2.75) is 31.9 Å². The lowest BCUT2D eigenvalue weighted by Gasteiger charge is -2.46. The number of benzene rings is 1. The molecule has 1 unspecified atom stereocenters. The number of amides is 1. The number of Topliss-reactive ketones (excluding diaryl/α,β-unsaturated/α-hetero) is 1. The van der Waals surface area contributed by atoms with Gasteiger partial charge in [0.05, 0.1) is 0 Å². The average Bonchev–Trinajstić information content (AvgIpc) is 2.67. The number of nitrogens with one attached hydrogen (secondary N) is 1. The Morgan fingerprint density at radius 1 is 1.15 bits per heavy atom. The van der Waals surface area contributed by atoms with Crippen LogP contribution in [-0.4, -0.2) is 47.0 Å². The van der Waals surface area contributed by atoms with E-state index < -0.39 is 17.2 Å². The summed E-state index contributed by atoms with van der Waals surface area (Å²) >= 11 is 0. The van der Waals surface area contributed by atoms with Gasteiger partial charge in [0.15, 0.2) is 5.78 Å². The SMILES string of the molecule is CC(C)(C)OC(=O)N1CCNCC1(C(=O)c1ccccc1)c1cccnc1. The Kier molecular flexibility index (Phi) is 5.28. The molecule has 1 saturated heterocycles. The van der Waals surface area contributed by atoms with Crippen LogP contribution in [0.3, 0.4) is 0 Å².